The molecule has 3 aromatic rings. The number of hydrogen-bond acceptors (Lipinski definition) is 4. The normalized spacial score (nSPS) is 15.4. The van der Waals surface area contributed by atoms with Crippen molar-refractivity contribution in [3.8, 4) is 11.3 Å². The van der Waals surface area contributed by atoms with Crippen LogP contribution < -0.4 is 0 Å². The number of amides is 1. The Hall–Kier alpha value is -3.13. The highest BCUT2D eigenvalue weighted by Crippen LogP contribution is 2.29. The van der Waals surface area contributed by atoms with Gasteiger partial charge in [-0.15, -0.1) is 0 Å². The molecule has 4 rings (SSSR count). The zero-order chi connectivity index (χ0) is 21.1. The highest BCUT2D eigenvalue weighted by atomic mass is 19.4. The van der Waals surface area contributed by atoms with E-state index in [2.05, 4.69) is 10.1 Å². The van der Waals surface area contributed by atoms with Gasteiger partial charge in [0.15, 0.2) is 11.5 Å². The number of aromatic nitrogens is 1. The van der Waals surface area contributed by atoms with Gasteiger partial charge in [0.05, 0.1) is 5.56 Å². The summed E-state index contributed by atoms with van der Waals surface area (Å²) in [5.41, 5.74) is 1.28. The average molecular weight is 415 g/mol. The Kier molecular flexibility index (Phi) is 5.59. The molecule has 0 spiro atoms. The smallest absolute Gasteiger partial charge is 0.355 e. The number of carbonyl (C=O) groups is 1. The van der Waals surface area contributed by atoms with E-state index in [1.807, 2.05) is 30.3 Å². The zero-order valence-corrected chi connectivity index (χ0v) is 16.1. The topological polar surface area (TPSA) is 49.6 Å². The number of nitrogens with zero attached hydrogens (tertiary/aromatic N) is 3. The molecule has 0 unspecified atom stereocenters. The van der Waals surface area contributed by atoms with E-state index in [0.717, 1.165) is 23.3 Å². The lowest BCUT2D eigenvalue weighted by atomic mass is 10.1. The first-order valence-electron chi connectivity index (χ1n) is 9.60. The number of benzene rings is 2. The molecule has 1 aliphatic rings. The number of halogens is 3. The van der Waals surface area contributed by atoms with Crippen molar-refractivity contribution in [2.45, 2.75) is 12.7 Å². The monoisotopic (exact) mass is 415 g/mol. The van der Waals surface area contributed by atoms with Crippen LogP contribution in [0.3, 0.4) is 0 Å². The summed E-state index contributed by atoms with van der Waals surface area (Å²) >= 11 is 0. The van der Waals surface area contributed by atoms with Crippen molar-refractivity contribution < 1.29 is 22.5 Å². The zero-order valence-electron chi connectivity index (χ0n) is 16.1. The van der Waals surface area contributed by atoms with Crippen molar-refractivity contribution in [2.24, 2.45) is 0 Å². The predicted octanol–water partition coefficient (Wildman–Crippen LogP) is 4.32. The Balaban J connectivity index is 1.32. The van der Waals surface area contributed by atoms with Gasteiger partial charge in [-0.3, -0.25) is 9.69 Å². The quantitative estimate of drug-likeness (QED) is 0.637. The van der Waals surface area contributed by atoms with Gasteiger partial charge in [0.1, 0.15) is 0 Å². The number of piperazine rings is 1. The Morgan fingerprint density at radius 3 is 2.27 bits per heavy atom. The van der Waals surface area contributed by atoms with Crippen molar-refractivity contribution >= 4 is 5.91 Å². The van der Waals surface area contributed by atoms with Crippen molar-refractivity contribution in [1.82, 2.24) is 15.0 Å². The average Bonchev–Trinajstić information content (AvgIpc) is 3.24. The van der Waals surface area contributed by atoms with Crippen molar-refractivity contribution in [2.75, 3.05) is 26.2 Å². The second kappa shape index (κ2) is 8.31. The molecule has 2 aromatic carbocycles. The molecule has 0 N–H and O–H groups in total. The number of carbonyl (C=O) groups excluding carboxylic acids is 1. The number of alkyl halides is 3. The number of hydrogen-bond donors (Lipinski definition) is 0. The predicted molar refractivity (Wildman–Crippen MR) is 105 cm³/mol. The van der Waals surface area contributed by atoms with E-state index in [9.17, 15) is 18.0 Å². The lowest BCUT2D eigenvalue weighted by Gasteiger charge is -2.34. The molecule has 0 bridgehead atoms. The maximum absolute atomic E-state index is 12.7. The molecule has 1 aromatic heterocycles. The lowest BCUT2D eigenvalue weighted by Crippen LogP contribution is -2.48. The minimum absolute atomic E-state index is 0.185. The molecule has 1 amide bonds. The van der Waals surface area contributed by atoms with Crippen LogP contribution >= 0.6 is 0 Å². The third-order valence-electron chi connectivity index (χ3n) is 5.13. The second-order valence-electron chi connectivity index (χ2n) is 7.21. The van der Waals surface area contributed by atoms with Crippen LogP contribution in [0, 0.1) is 0 Å². The third kappa shape index (κ3) is 4.54. The van der Waals surface area contributed by atoms with Crippen LogP contribution in [0.1, 0.15) is 21.6 Å². The van der Waals surface area contributed by atoms with Gasteiger partial charge < -0.3 is 9.42 Å². The molecule has 0 saturated carbocycles. The van der Waals surface area contributed by atoms with Crippen molar-refractivity contribution in [3.63, 3.8) is 0 Å². The first-order chi connectivity index (χ1) is 14.4. The standard InChI is InChI=1S/C22H20F3N3O2/c23-22(24,25)18-8-6-16(7-9-18)15-27-10-12-28(13-11-27)21(29)19-14-20(30-26-19)17-4-2-1-3-5-17/h1-9,14H,10-13,15H2. The Morgan fingerprint density at radius 1 is 0.967 bits per heavy atom. The molecule has 2 heterocycles. The van der Waals surface area contributed by atoms with Crippen LogP contribution in [-0.2, 0) is 12.7 Å². The highest BCUT2D eigenvalue weighted by molar-refractivity contribution is 5.93. The fourth-order valence-electron chi connectivity index (χ4n) is 3.44. The van der Waals surface area contributed by atoms with Gasteiger partial charge in [-0.05, 0) is 17.7 Å². The van der Waals surface area contributed by atoms with E-state index in [-0.39, 0.29) is 11.6 Å². The van der Waals surface area contributed by atoms with Crippen molar-refractivity contribution in [3.05, 3.63) is 77.5 Å². The van der Waals surface area contributed by atoms with Gasteiger partial charge in [-0.25, -0.2) is 0 Å². The van der Waals surface area contributed by atoms with Crippen LogP contribution in [0.15, 0.2) is 65.2 Å². The highest BCUT2D eigenvalue weighted by Gasteiger charge is 2.30. The fourth-order valence-corrected chi connectivity index (χ4v) is 3.44. The fraction of sp³-hybridized carbons (Fsp3) is 0.273. The van der Waals surface area contributed by atoms with E-state index in [0.29, 0.717) is 38.5 Å². The molecule has 8 heteroatoms. The first kappa shape index (κ1) is 20.2. The Bertz CT molecular complexity index is 992. The summed E-state index contributed by atoms with van der Waals surface area (Å²) in [7, 11) is 0. The Morgan fingerprint density at radius 2 is 1.63 bits per heavy atom. The molecule has 30 heavy (non-hydrogen) atoms. The molecule has 1 aliphatic heterocycles. The number of rotatable bonds is 4. The summed E-state index contributed by atoms with van der Waals surface area (Å²) in [5.74, 6) is 0.356. The maximum Gasteiger partial charge on any atom is 0.416 e. The van der Waals surface area contributed by atoms with Gasteiger partial charge in [-0.1, -0.05) is 47.6 Å². The van der Waals surface area contributed by atoms with Gasteiger partial charge in [-0.2, -0.15) is 13.2 Å². The summed E-state index contributed by atoms with van der Waals surface area (Å²) in [4.78, 5) is 16.6. The molecule has 1 saturated heterocycles. The van der Waals surface area contributed by atoms with Crippen LogP contribution in [0.5, 0.6) is 0 Å². The van der Waals surface area contributed by atoms with Gasteiger partial charge in [0.2, 0.25) is 0 Å². The van der Waals surface area contributed by atoms with E-state index in [4.69, 9.17) is 4.52 Å². The second-order valence-corrected chi connectivity index (χ2v) is 7.21. The van der Waals surface area contributed by atoms with Crippen molar-refractivity contribution in [1.29, 1.82) is 0 Å². The minimum Gasteiger partial charge on any atom is -0.355 e. The van der Waals surface area contributed by atoms with Crippen LogP contribution in [0.4, 0.5) is 13.2 Å². The van der Waals surface area contributed by atoms with E-state index in [1.165, 1.54) is 12.1 Å². The molecule has 0 atom stereocenters. The van der Waals surface area contributed by atoms with Gasteiger partial charge >= 0.3 is 6.18 Å². The lowest BCUT2D eigenvalue weighted by molar-refractivity contribution is -0.137. The molecular weight excluding hydrogens is 395 g/mol. The summed E-state index contributed by atoms with van der Waals surface area (Å²) < 4.78 is 43.3. The van der Waals surface area contributed by atoms with Gasteiger partial charge in [0.25, 0.3) is 5.91 Å². The SMILES string of the molecule is O=C(c1cc(-c2ccccc2)on1)N1CCN(Cc2ccc(C(F)(F)F)cc2)CC1. The van der Waals surface area contributed by atoms with Crippen LogP contribution in [0.2, 0.25) is 0 Å². The minimum atomic E-state index is -4.33. The summed E-state index contributed by atoms with van der Waals surface area (Å²) in [6.07, 6.45) is -4.33. The van der Waals surface area contributed by atoms with Crippen LogP contribution in [-0.4, -0.2) is 47.0 Å². The molecule has 1 fully saturated rings. The molecule has 5 nitrogen and oxygen atoms in total. The third-order valence-corrected chi connectivity index (χ3v) is 5.13. The summed E-state index contributed by atoms with van der Waals surface area (Å²) in [6.45, 7) is 2.86. The molecule has 156 valence electrons. The summed E-state index contributed by atoms with van der Waals surface area (Å²) in [5, 5.41) is 3.91. The molecular formula is C22H20F3N3O2. The first-order valence-corrected chi connectivity index (χ1v) is 9.60. The summed E-state index contributed by atoms with van der Waals surface area (Å²) in [6, 6.07) is 16.3. The maximum atomic E-state index is 12.7. The largest absolute Gasteiger partial charge is 0.416 e. The Labute approximate surface area is 171 Å². The van der Waals surface area contributed by atoms with E-state index < -0.39 is 11.7 Å². The van der Waals surface area contributed by atoms with Gasteiger partial charge in [0, 0.05) is 44.4 Å². The molecule has 0 aliphatic carbocycles. The van der Waals surface area contributed by atoms with E-state index in [1.54, 1.807) is 11.0 Å². The molecule has 0 radical (unpaired) electrons. The van der Waals surface area contributed by atoms with E-state index >= 15 is 0 Å². The van der Waals surface area contributed by atoms with Crippen LogP contribution in [0.25, 0.3) is 11.3 Å².